The van der Waals surface area contributed by atoms with E-state index in [-0.39, 0.29) is 29.0 Å². The molecule has 4 aliphatic rings. The number of aromatic hydroxyl groups is 1. The molecule has 9 nitrogen and oxygen atoms in total. The standard InChI is InChI=1S/C36H34N2O7/c1-38-14-12-22-17-31(42-3)35(43-4)36-32(22)26(38)15-20-5-8-24(9-6-20)44-28-18-23(7-10-27(28)39)33-34(40)25-19-30(45-36)29(41-2)16-21(25)11-13-37-33/h5-10,16-19,26,39H,11-15H2,1-4H3. The average Bonchev–Trinajstić information content (AvgIpc) is 3.21. The van der Waals surface area contributed by atoms with Gasteiger partial charge in [-0.1, -0.05) is 12.1 Å². The van der Waals surface area contributed by atoms with Crippen molar-refractivity contribution in [2.24, 2.45) is 4.99 Å². The lowest BCUT2D eigenvalue weighted by molar-refractivity contribution is 0.106. The van der Waals surface area contributed by atoms with Crippen LogP contribution in [0, 0.1) is 0 Å². The third-order valence-corrected chi connectivity index (χ3v) is 8.87. The number of hydrogen-bond acceptors (Lipinski definition) is 9. The quantitative estimate of drug-likeness (QED) is 0.290. The molecule has 1 atom stereocenters. The van der Waals surface area contributed by atoms with Gasteiger partial charge in [-0.25, -0.2) is 0 Å². The van der Waals surface area contributed by atoms with Crippen LogP contribution in [0.15, 0.2) is 65.7 Å². The summed E-state index contributed by atoms with van der Waals surface area (Å²) in [5.74, 6) is 2.97. The lowest BCUT2D eigenvalue weighted by Crippen LogP contribution is -2.34. The van der Waals surface area contributed by atoms with Gasteiger partial charge in [-0.2, -0.15) is 0 Å². The number of Topliss-reactive ketones (excluding diaryl/α,β-unsaturated/α-hetero) is 1. The molecule has 9 heteroatoms. The van der Waals surface area contributed by atoms with Gasteiger partial charge < -0.3 is 28.8 Å². The van der Waals surface area contributed by atoms with Crippen molar-refractivity contribution in [1.29, 1.82) is 0 Å². The van der Waals surface area contributed by atoms with Crippen LogP contribution >= 0.6 is 0 Å². The summed E-state index contributed by atoms with van der Waals surface area (Å²) in [6.07, 6.45) is 2.03. The molecule has 1 unspecified atom stereocenters. The number of methoxy groups -OCH3 is 3. The first-order chi connectivity index (χ1) is 21.9. The van der Waals surface area contributed by atoms with Crippen LogP contribution in [0.3, 0.4) is 0 Å². The van der Waals surface area contributed by atoms with Crippen molar-refractivity contribution in [3.8, 4) is 46.0 Å². The molecular weight excluding hydrogens is 572 g/mol. The summed E-state index contributed by atoms with van der Waals surface area (Å²) >= 11 is 0. The van der Waals surface area contributed by atoms with Crippen LogP contribution < -0.4 is 23.7 Å². The van der Waals surface area contributed by atoms with Crippen LogP contribution in [0.1, 0.15) is 44.2 Å². The minimum Gasteiger partial charge on any atom is -0.504 e. The highest BCUT2D eigenvalue weighted by Crippen LogP contribution is 2.51. The third kappa shape index (κ3) is 5.03. The summed E-state index contributed by atoms with van der Waals surface area (Å²) in [6.45, 7) is 1.25. The molecule has 4 aromatic carbocycles. The second-order valence-corrected chi connectivity index (χ2v) is 11.5. The second-order valence-electron chi connectivity index (χ2n) is 11.5. The van der Waals surface area contributed by atoms with Crippen LogP contribution in [0.25, 0.3) is 0 Å². The topological polar surface area (TPSA) is 99.0 Å². The molecule has 230 valence electrons. The number of rotatable bonds is 3. The van der Waals surface area contributed by atoms with E-state index in [1.807, 2.05) is 36.4 Å². The molecule has 0 spiro atoms. The van der Waals surface area contributed by atoms with Crippen LogP contribution in [-0.4, -0.2) is 63.0 Å². The number of likely N-dealkylation sites (N-methyl/N-ethyl adjacent to an activating group) is 1. The summed E-state index contributed by atoms with van der Waals surface area (Å²) in [7, 11) is 6.91. The number of ketones is 1. The molecule has 0 radical (unpaired) electrons. The number of phenolic OH excluding ortho intramolecular Hbond substituents is 1. The summed E-state index contributed by atoms with van der Waals surface area (Å²) < 4.78 is 30.5. The molecule has 0 fully saturated rings. The minimum atomic E-state index is -0.255. The van der Waals surface area contributed by atoms with Crippen molar-refractivity contribution in [3.05, 3.63) is 94.0 Å². The van der Waals surface area contributed by atoms with Gasteiger partial charge in [0.15, 0.2) is 34.5 Å². The summed E-state index contributed by atoms with van der Waals surface area (Å²) in [5, 5.41) is 10.6. The highest BCUT2D eigenvalue weighted by atomic mass is 16.5. The van der Waals surface area contributed by atoms with Crippen molar-refractivity contribution in [2.75, 3.05) is 41.5 Å². The maximum Gasteiger partial charge on any atom is 0.211 e. The molecular formula is C36H34N2O7. The molecule has 45 heavy (non-hydrogen) atoms. The largest absolute Gasteiger partial charge is 0.504 e. The fourth-order valence-electron chi connectivity index (χ4n) is 6.50. The van der Waals surface area contributed by atoms with Gasteiger partial charge >= 0.3 is 0 Å². The lowest BCUT2D eigenvalue weighted by Gasteiger charge is -2.37. The van der Waals surface area contributed by atoms with Crippen LogP contribution in [0.4, 0.5) is 0 Å². The van der Waals surface area contributed by atoms with E-state index < -0.39 is 0 Å². The first kappa shape index (κ1) is 28.7. The third-order valence-electron chi connectivity index (χ3n) is 8.87. The maximum absolute atomic E-state index is 14.2. The van der Waals surface area contributed by atoms with Gasteiger partial charge in [0.1, 0.15) is 11.5 Å². The van der Waals surface area contributed by atoms with E-state index in [1.54, 1.807) is 39.5 Å². The summed E-state index contributed by atoms with van der Waals surface area (Å²) in [4.78, 5) is 21.2. The van der Waals surface area contributed by atoms with E-state index in [0.717, 1.165) is 35.2 Å². The number of nitrogens with zero attached hydrogens (tertiary/aromatic N) is 2. The smallest absolute Gasteiger partial charge is 0.211 e. The second kappa shape index (κ2) is 11.5. The molecule has 1 N–H and O–H groups in total. The zero-order valence-electron chi connectivity index (χ0n) is 25.7. The summed E-state index contributed by atoms with van der Waals surface area (Å²) in [6, 6.07) is 18.2. The number of carbonyl (C=O) groups is 1. The highest BCUT2D eigenvalue weighted by Gasteiger charge is 2.34. The van der Waals surface area contributed by atoms with Crippen molar-refractivity contribution >= 4 is 11.5 Å². The number of benzene rings is 4. The number of aliphatic imine (C=N–C) groups is 1. The Kier molecular flexibility index (Phi) is 7.33. The molecule has 0 aliphatic carbocycles. The van der Waals surface area contributed by atoms with E-state index in [1.165, 1.54) is 6.07 Å². The molecule has 0 saturated heterocycles. The maximum atomic E-state index is 14.2. The zero-order chi connectivity index (χ0) is 31.2. The van der Waals surface area contributed by atoms with Crippen LogP contribution in [0.5, 0.6) is 46.0 Å². The Hall–Kier alpha value is -5.02. The fourth-order valence-corrected chi connectivity index (χ4v) is 6.50. The van der Waals surface area contributed by atoms with Gasteiger partial charge in [-0.05, 0) is 91.5 Å². The Bertz CT molecular complexity index is 1850. The molecule has 0 aromatic heterocycles. The first-order valence-corrected chi connectivity index (χ1v) is 14.9. The minimum absolute atomic E-state index is 0.0305. The molecule has 4 aliphatic heterocycles. The van der Waals surface area contributed by atoms with Gasteiger partial charge in [-0.15, -0.1) is 0 Å². The lowest BCUT2D eigenvalue weighted by atomic mass is 9.87. The highest BCUT2D eigenvalue weighted by molar-refractivity contribution is 6.52. The van der Waals surface area contributed by atoms with Crippen molar-refractivity contribution in [3.63, 3.8) is 0 Å². The molecule has 0 saturated carbocycles. The normalized spacial score (nSPS) is 17.2. The monoisotopic (exact) mass is 606 g/mol. The number of hydrogen-bond donors (Lipinski definition) is 1. The van der Waals surface area contributed by atoms with Crippen molar-refractivity contribution in [1.82, 2.24) is 4.90 Å². The van der Waals surface area contributed by atoms with E-state index in [4.69, 9.17) is 23.7 Å². The molecule has 7 bridgehead atoms. The van der Waals surface area contributed by atoms with E-state index in [9.17, 15) is 9.90 Å². The number of fused-ring (bicyclic) bond motifs is 2. The average molecular weight is 607 g/mol. The number of carbonyl (C=O) groups excluding carboxylic acids is 1. The fraction of sp³-hybridized carbons (Fsp3) is 0.278. The van der Waals surface area contributed by atoms with E-state index in [2.05, 4.69) is 16.9 Å². The zero-order valence-corrected chi connectivity index (χ0v) is 25.7. The van der Waals surface area contributed by atoms with E-state index >= 15 is 0 Å². The molecule has 0 amide bonds. The number of phenols is 1. The first-order valence-electron chi connectivity index (χ1n) is 14.9. The van der Waals surface area contributed by atoms with Gasteiger partial charge in [0, 0.05) is 35.8 Å². The van der Waals surface area contributed by atoms with Gasteiger partial charge in [-0.3, -0.25) is 14.7 Å². The SMILES string of the molecule is COc1cc2c3cc1Oc1c(OC)c(OC)cc4c1C(Cc1ccc(cc1)Oc1cc(ccc1O)C(=NCC2)C3=O)N(C)CC4. The Morgan fingerprint density at radius 2 is 1.64 bits per heavy atom. The van der Waals surface area contributed by atoms with Gasteiger partial charge in [0.05, 0.1) is 21.3 Å². The Morgan fingerprint density at radius 3 is 2.40 bits per heavy atom. The number of ether oxygens (including phenoxy) is 5. The Labute approximate surface area is 261 Å². The van der Waals surface area contributed by atoms with E-state index in [0.29, 0.717) is 65.0 Å². The Balaban J connectivity index is 1.49. The Morgan fingerprint density at radius 1 is 0.867 bits per heavy atom. The molecule has 4 aromatic rings. The van der Waals surface area contributed by atoms with Gasteiger partial charge in [0.2, 0.25) is 11.5 Å². The summed E-state index contributed by atoms with van der Waals surface area (Å²) in [5.41, 5.74) is 5.31. The van der Waals surface area contributed by atoms with Crippen molar-refractivity contribution < 1.29 is 33.6 Å². The predicted octanol–water partition coefficient (Wildman–Crippen LogP) is 6.32. The van der Waals surface area contributed by atoms with Crippen LogP contribution in [0.2, 0.25) is 0 Å². The predicted molar refractivity (Wildman–Crippen MR) is 169 cm³/mol. The molecule has 4 heterocycles. The van der Waals surface area contributed by atoms with Crippen LogP contribution in [-0.2, 0) is 19.3 Å². The molecule has 8 rings (SSSR count). The van der Waals surface area contributed by atoms with Crippen molar-refractivity contribution in [2.45, 2.75) is 25.3 Å². The van der Waals surface area contributed by atoms with Gasteiger partial charge in [0.25, 0.3) is 0 Å².